The zero-order chi connectivity index (χ0) is 15.7. The molecule has 0 aliphatic carbocycles. The predicted molar refractivity (Wildman–Crippen MR) is 60.6 cm³/mol. The van der Waals surface area contributed by atoms with E-state index in [2.05, 4.69) is 0 Å². The van der Waals surface area contributed by atoms with Crippen LogP contribution in [0.4, 0.5) is 32.0 Å². The first-order valence-electron chi connectivity index (χ1n) is 5.40. The van der Waals surface area contributed by atoms with Crippen molar-refractivity contribution in [2.75, 3.05) is 5.32 Å². The molecule has 0 aliphatic heterocycles. The maximum atomic E-state index is 13.3. The fourth-order valence-corrected chi connectivity index (χ4v) is 1.53. The topological polar surface area (TPSA) is 29.1 Å². The lowest BCUT2D eigenvalue weighted by Crippen LogP contribution is -2.15. The maximum Gasteiger partial charge on any atom is 0.256 e. The van der Waals surface area contributed by atoms with E-state index in [4.69, 9.17) is 0 Å². The molecule has 0 saturated heterocycles. The SMILES string of the molecule is O=C(Nc1c(F)cc(F)cc1F)c1cc(F)c(F)c(F)c1. The number of hydrogen-bond acceptors (Lipinski definition) is 1. The third kappa shape index (κ3) is 2.99. The van der Waals surface area contributed by atoms with Crippen molar-refractivity contribution in [1.29, 1.82) is 0 Å². The Bertz CT molecular complexity index is 685. The molecule has 0 atom stereocenters. The third-order valence-electron chi connectivity index (χ3n) is 2.49. The molecule has 0 bridgehead atoms. The monoisotopic (exact) mass is 305 g/mol. The average Bonchev–Trinajstić information content (AvgIpc) is 2.39. The van der Waals surface area contributed by atoms with Crippen molar-refractivity contribution < 1.29 is 31.1 Å². The number of halogens is 6. The molecule has 1 N–H and O–H groups in total. The molecule has 0 aromatic heterocycles. The molecule has 0 unspecified atom stereocenters. The number of carbonyl (C=O) groups is 1. The summed E-state index contributed by atoms with van der Waals surface area (Å²) < 4.78 is 77.9. The van der Waals surface area contributed by atoms with Crippen LogP contribution >= 0.6 is 0 Å². The number of carbonyl (C=O) groups excluding carboxylic acids is 1. The smallest absolute Gasteiger partial charge is 0.256 e. The molecule has 110 valence electrons. The lowest BCUT2D eigenvalue weighted by Gasteiger charge is -2.08. The third-order valence-corrected chi connectivity index (χ3v) is 2.49. The van der Waals surface area contributed by atoms with Gasteiger partial charge in [-0.3, -0.25) is 4.79 Å². The molecule has 21 heavy (non-hydrogen) atoms. The van der Waals surface area contributed by atoms with Crippen LogP contribution in [0.5, 0.6) is 0 Å². The predicted octanol–water partition coefficient (Wildman–Crippen LogP) is 3.77. The van der Waals surface area contributed by atoms with Crippen LogP contribution in [-0.4, -0.2) is 5.91 Å². The molecule has 8 heteroatoms. The highest BCUT2D eigenvalue weighted by molar-refractivity contribution is 6.04. The highest BCUT2D eigenvalue weighted by atomic mass is 19.2. The van der Waals surface area contributed by atoms with Crippen LogP contribution in [0.1, 0.15) is 10.4 Å². The summed E-state index contributed by atoms with van der Waals surface area (Å²) in [6.07, 6.45) is 0. The van der Waals surface area contributed by atoms with Crippen molar-refractivity contribution >= 4 is 11.6 Å². The highest BCUT2D eigenvalue weighted by Gasteiger charge is 2.18. The lowest BCUT2D eigenvalue weighted by molar-refractivity contribution is 0.102. The number of benzene rings is 2. The summed E-state index contributed by atoms with van der Waals surface area (Å²) in [5, 5.41) is 1.68. The molecule has 2 aromatic carbocycles. The Kier molecular flexibility index (Phi) is 3.88. The molecule has 0 fully saturated rings. The fourth-order valence-electron chi connectivity index (χ4n) is 1.53. The quantitative estimate of drug-likeness (QED) is 0.664. The van der Waals surface area contributed by atoms with Gasteiger partial charge in [-0.25, -0.2) is 26.3 Å². The van der Waals surface area contributed by atoms with Gasteiger partial charge in [-0.05, 0) is 12.1 Å². The Morgan fingerprint density at radius 1 is 0.762 bits per heavy atom. The fraction of sp³-hybridized carbons (Fsp3) is 0. The summed E-state index contributed by atoms with van der Waals surface area (Å²) in [6, 6.07) is 1.33. The summed E-state index contributed by atoms with van der Waals surface area (Å²) in [7, 11) is 0. The Morgan fingerprint density at radius 2 is 1.24 bits per heavy atom. The molecule has 2 nitrogen and oxygen atoms in total. The molecule has 0 radical (unpaired) electrons. The molecule has 0 saturated carbocycles. The summed E-state index contributed by atoms with van der Waals surface area (Å²) in [5.74, 6) is -10.4. The zero-order valence-corrected chi connectivity index (χ0v) is 9.99. The normalized spacial score (nSPS) is 10.6. The van der Waals surface area contributed by atoms with E-state index in [9.17, 15) is 31.1 Å². The van der Waals surface area contributed by atoms with E-state index >= 15 is 0 Å². The molecule has 1 amide bonds. The van der Waals surface area contributed by atoms with Gasteiger partial charge >= 0.3 is 0 Å². The van der Waals surface area contributed by atoms with Crippen LogP contribution in [0.25, 0.3) is 0 Å². The zero-order valence-electron chi connectivity index (χ0n) is 9.99. The van der Waals surface area contributed by atoms with Gasteiger partial charge in [0.2, 0.25) is 0 Å². The second-order valence-corrected chi connectivity index (χ2v) is 3.95. The molecule has 0 spiro atoms. The van der Waals surface area contributed by atoms with Gasteiger partial charge in [0, 0.05) is 17.7 Å². The maximum absolute atomic E-state index is 13.3. The number of rotatable bonds is 2. The van der Waals surface area contributed by atoms with Gasteiger partial charge in [0.25, 0.3) is 5.91 Å². The van der Waals surface area contributed by atoms with Crippen molar-refractivity contribution in [2.45, 2.75) is 0 Å². The Hall–Kier alpha value is -2.51. The summed E-state index contributed by atoms with van der Waals surface area (Å²) in [4.78, 5) is 11.6. The van der Waals surface area contributed by atoms with E-state index in [1.54, 1.807) is 5.32 Å². The van der Waals surface area contributed by atoms with Crippen molar-refractivity contribution in [3.8, 4) is 0 Å². The summed E-state index contributed by atoms with van der Waals surface area (Å²) in [5.41, 5.74) is -1.69. The van der Waals surface area contributed by atoms with Crippen LogP contribution in [0, 0.1) is 34.9 Å². The van der Waals surface area contributed by atoms with Gasteiger partial charge < -0.3 is 5.32 Å². The minimum atomic E-state index is -1.79. The molecule has 0 aliphatic rings. The first-order valence-corrected chi connectivity index (χ1v) is 5.40. The van der Waals surface area contributed by atoms with Crippen molar-refractivity contribution in [3.63, 3.8) is 0 Å². The molecule has 2 rings (SSSR count). The van der Waals surface area contributed by atoms with Gasteiger partial charge in [0.05, 0.1) is 0 Å². The minimum Gasteiger partial charge on any atom is -0.317 e. The van der Waals surface area contributed by atoms with E-state index < -0.39 is 52.1 Å². The number of amides is 1. The summed E-state index contributed by atoms with van der Waals surface area (Å²) >= 11 is 0. The van der Waals surface area contributed by atoms with Crippen LogP contribution in [0.15, 0.2) is 24.3 Å². The molecular weight excluding hydrogens is 300 g/mol. The standard InChI is InChI=1S/C13H5F6NO/c14-6-3-9(17)12(10(18)4-6)20-13(21)5-1-7(15)11(19)8(16)2-5/h1-4H,(H,20,21). The van der Waals surface area contributed by atoms with Gasteiger partial charge in [-0.1, -0.05) is 0 Å². The van der Waals surface area contributed by atoms with Crippen LogP contribution in [0.2, 0.25) is 0 Å². The van der Waals surface area contributed by atoms with E-state index in [0.717, 1.165) is 0 Å². The Balaban J connectivity index is 2.35. The Labute approximate surface area is 114 Å². The number of hydrogen-bond donors (Lipinski definition) is 1. The minimum absolute atomic E-state index is 0.310. The first-order chi connectivity index (χ1) is 9.79. The molecule has 0 heterocycles. The average molecular weight is 305 g/mol. The second-order valence-electron chi connectivity index (χ2n) is 3.95. The van der Waals surface area contributed by atoms with Gasteiger partial charge in [0.15, 0.2) is 29.1 Å². The number of anilines is 1. The van der Waals surface area contributed by atoms with E-state index in [0.29, 0.717) is 24.3 Å². The van der Waals surface area contributed by atoms with Crippen molar-refractivity contribution in [2.24, 2.45) is 0 Å². The van der Waals surface area contributed by atoms with E-state index in [1.807, 2.05) is 0 Å². The lowest BCUT2D eigenvalue weighted by atomic mass is 10.2. The molecule has 2 aromatic rings. The van der Waals surface area contributed by atoms with E-state index in [1.165, 1.54) is 0 Å². The van der Waals surface area contributed by atoms with Crippen LogP contribution in [0.3, 0.4) is 0 Å². The van der Waals surface area contributed by atoms with E-state index in [-0.39, 0.29) is 0 Å². The van der Waals surface area contributed by atoms with Gasteiger partial charge in [0.1, 0.15) is 11.5 Å². The highest BCUT2D eigenvalue weighted by Crippen LogP contribution is 2.21. The summed E-state index contributed by atoms with van der Waals surface area (Å²) in [6.45, 7) is 0. The Morgan fingerprint density at radius 3 is 1.71 bits per heavy atom. The largest absolute Gasteiger partial charge is 0.317 e. The number of nitrogens with one attached hydrogen (secondary N) is 1. The van der Waals surface area contributed by atoms with Crippen molar-refractivity contribution in [3.05, 3.63) is 64.7 Å². The molecular formula is C13H5F6NO. The second kappa shape index (κ2) is 5.47. The first kappa shape index (κ1) is 14.9. The van der Waals surface area contributed by atoms with Crippen LogP contribution in [-0.2, 0) is 0 Å². The van der Waals surface area contributed by atoms with Gasteiger partial charge in [-0.2, -0.15) is 0 Å². The van der Waals surface area contributed by atoms with Crippen molar-refractivity contribution in [1.82, 2.24) is 0 Å². The van der Waals surface area contributed by atoms with Crippen LogP contribution < -0.4 is 5.32 Å². The van der Waals surface area contributed by atoms with Gasteiger partial charge in [-0.15, -0.1) is 0 Å².